The second-order valence-electron chi connectivity index (χ2n) is 2.55. The minimum Gasteiger partial charge on any atom is -0.386 e. The van der Waals surface area contributed by atoms with Gasteiger partial charge in [-0.2, -0.15) is 0 Å². The van der Waals surface area contributed by atoms with Gasteiger partial charge in [0.25, 0.3) is 0 Å². The molecule has 0 unspecified atom stereocenters. The third-order valence-electron chi connectivity index (χ3n) is 1.57. The number of nitrogens with one attached hydrogen (secondary N) is 2. The summed E-state index contributed by atoms with van der Waals surface area (Å²) in [5, 5.41) is 5.44. The van der Waals surface area contributed by atoms with Crippen molar-refractivity contribution in [2.24, 2.45) is 5.73 Å². The summed E-state index contributed by atoms with van der Waals surface area (Å²) in [6.07, 6.45) is 0. The highest BCUT2D eigenvalue weighted by Crippen LogP contribution is 2.28. The minimum absolute atomic E-state index is 0.0303. The Morgan fingerprint density at radius 3 is 2.71 bits per heavy atom. The zero-order chi connectivity index (χ0) is 10.7. The van der Waals surface area contributed by atoms with Crippen molar-refractivity contribution < 1.29 is 4.39 Å². The fraction of sp³-hybridized carbons (Fsp3) is 0.125. The van der Waals surface area contributed by atoms with E-state index in [0.717, 1.165) is 0 Å². The average Bonchev–Trinajstić information content (AvgIpc) is 2.08. The second kappa shape index (κ2) is 4.56. The van der Waals surface area contributed by atoms with Gasteiger partial charge in [-0.1, -0.05) is 15.9 Å². The van der Waals surface area contributed by atoms with Crippen molar-refractivity contribution in [1.82, 2.24) is 0 Å². The van der Waals surface area contributed by atoms with Gasteiger partial charge in [0.15, 0.2) is 5.11 Å². The third-order valence-corrected chi connectivity index (χ3v) is 2.13. The van der Waals surface area contributed by atoms with Gasteiger partial charge >= 0.3 is 0 Å². The zero-order valence-corrected chi connectivity index (χ0v) is 9.80. The summed E-state index contributed by atoms with van der Waals surface area (Å²) in [7, 11) is 1.69. The highest BCUT2D eigenvalue weighted by atomic mass is 79.9. The second-order valence-corrected chi connectivity index (χ2v) is 3.90. The molecule has 76 valence electrons. The lowest BCUT2D eigenvalue weighted by atomic mass is 10.2. The Bertz CT molecular complexity index is 370. The van der Waals surface area contributed by atoms with Crippen LogP contribution >= 0.6 is 28.1 Å². The van der Waals surface area contributed by atoms with Crippen molar-refractivity contribution >= 4 is 44.6 Å². The van der Waals surface area contributed by atoms with Crippen LogP contribution < -0.4 is 16.4 Å². The molecule has 0 spiro atoms. The summed E-state index contributed by atoms with van der Waals surface area (Å²) in [4.78, 5) is 0. The number of halogens is 2. The smallest absolute Gasteiger partial charge is 0.168 e. The molecule has 0 fully saturated rings. The fourth-order valence-corrected chi connectivity index (χ4v) is 1.55. The van der Waals surface area contributed by atoms with Crippen molar-refractivity contribution in [1.29, 1.82) is 0 Å². The van der Waals surface area contributed by atoms with Gasteiger partial charge in [-0.3, -0.25) is 0 Å². The normalized spacial score (nSPS) is 9.64. The van der Waals surface area contributed by atoms with E-state index in [1.807, 2.05) is 0 Å². The van der Waals surface area contributed by atoms with Crippen LogP contribution in [0.25, 0.3) is 0 Å². The topological polar surface area (TPSA) is 50.1 Å². The molecule has 0 bridgehead atoms. The van der Waals surface area contributed by atoms with E-state index in [9.17, 15) is 4.39 Å². The number of thiocarbonyl (C=S) groups is 1. The number of anilines is 2. The Kier molecular flexibility index (Phi) is 3.65. The average molecular weight is 278 g/mol. The molecule has 4 N–H and O–H groups in total. The Morgan fingerprint density at radius 1 is 1.57 bits per heavy atom. The maximum absolute atomic E-state index is 13.4. The molecule has 14 heavy (non-hydrogen) atoms. The van der Waals surface area contributed by atoms with E-state index < -0.39 is 5.82 Å². The summed E-state index contributed by atoms with van der Waals surface area (Å²) in [6.45, 7) is 0. The molecule has 3 nitrogen and oxygen atoms in total. The molecule has 1 rings (SSSR count). The monoisotopic (exact) mass is 277 g/mol. The Labute approximate surface area is 95.0 Å². The lowest BCUT2D eigenvalue weighted by molar-refractivity contribution is 0.632. The third kappa shape index (κ3) is 2.55. The number of nitrogens with two attached hydrogens (primary N) is 1. The largest absolute Gasteiger partial charge is 0.386 e. The lowest BCUT2D eigenvalue weighted by Crippen LogP contribution is -2.20. The first-order valence-electron chi connectivity index (χ1n) is 3.78. The van der Waals surface area contributed by atoms with Gasteiger partial charge in [0.05, 0.1) is 5.69 Å². The van der Waals surface area contributed by atoms with Gasteiger partial charge in [0.2, 0.25) is 0 Å². The van der Waals surface area contributed by atoms with Gasteiger partial charge in [-0.15, -0.1) is 0 Å². The summed E-state index contributed by atoms with van der Waals surface area (Å²) >= 11 is 7.82. The van der Waals surface area contributed by atoms with Crippen LogP contribution in [0.3, 0.4) is 0 Å². The predicted octanol–water partition coefficient (Wildman–Crippen LogP) is 2.29. The van der Waals surface area contributed by atoms with Crippen molar-refractivity contribution in [2.75, 3.05) is 17.7 Å². The summed E-state index contributed by atoms with van der Waals surface area (Å²) in [6, 6.07) is 3.06. The molecule has 0 atom stereocenters. The molecule has 0 amide bonds. The SMILES string of the molecule is CNc1cc(Br)cc(F)c1NC(N)=S. The highest BCUT2D eigenvalue weighted by Gasteiger charge is 2.09. The van der Waals surface area contributed by atoms with Crippen LogP contribution in [0.1, 0.15) is 0 Å². The molecule has 6 heteroatoms. The molecule has 0 aromatic heterocycles. The molecular formula is C8H9BrFN3S. The highest BCUT2D eigenvalue weighted by molar-refractivity contribution is 9.10. The van der Waals surface area contributed by atoms with Crippen LogP contribution in [0.15, 0.2) is 16.6 Å². The number of hydrogen-bond acceptors (Lipinski definition) is 2. The maximum atomic E-state index is 13.4. The Hall–Kier alpha value is -0.880. The quantitative estimate of drug-likeness (QED) is 0.726. The van der Waals surface area contributed by atoms with E-state index in [1.165, 1.54) is 6.07 Å². The van der Waals surface area contributed by atoms with Gasteiger partial charge < -0.3 is 16.4 Å². The zero-order valence-electron chi connectivity index (χ0n) is 7.40. The lowest BCUT2D eigenvalue weighted by Gasteiger charge is -2.11. The van der Waals surface area contributed by atoms with Gasteiger partial charge in [-0.05, 0) is 24.4 Å². The molecule has 0 aliphatic heterocycles. The first-order valence-corrected chi connectivity index (χ1v) is 4.98. The number of benzene rings is 1. The van der Waals surface area contributed by atoms with Crippen molar-refractivity contribution in [3.63, 3.8) is 0 Å². The van der Waals surface area contributed by atoms with Crippen molar-refractivity contribution in [3.8, 4) is 0 Å². The summed E-state index contributed by atoms with van der Waals surface area (Å²) in [5.74, 6) is -0.420. The molecule has 0 heterocycles. The summed E-state index contributed by atoms with van der Waals surface area (Å²) in [5.41, 5.74) is 6.11. The van der Waals surface area contributed by atoms with Crippen LogP contribution in [0.4, 0.5) is 15.8 Å². The Morgan fingerprint density at radius 2 is 2.21 bits per heavy atom. The van der Waals surface area contributed by atoms with E-state index in [-0.39, 0.29) is 10.8 Å². The molecule has 0 saturated carbocycles. The van der Waals surface area contributed by atoms with Crippen molar-refractivity contribution in [2.45, 2.75) is 0 Å². The summed E-state index contributed by atoms with van der Waals surface area (Å²) < 4.78 is 14.1. The van der Waals surface area contributed by atoms with E-state index in [2.05, 4.69) is 38.8 Å². The fourth-order valence-electron chi connectivity index (χ4n) is 1.02. The molecule has 0 radical (unpaired) electrons. The van der Waals surface area contributed by atoms with Crippen LogP contribution in [-0.4, -0.2) is 12.2 Å². The molecule has 0 saturated heterocycles. The number of rotatable bonds is 2. The Balaban J connectivity index is 3.18. The van der Waals surface area contributed by atoms with Gasteiger partial charge in [0, 0.05) is 11.5 Å². The van der Waals surface area contributed by atoms with E-state index in [4.69, 9.17) is 5.73 Å². The first-order chi connectivity index (χ1) is 6.54. The van der Waals surface area contributed by atoms with E-state index >= 15 is 0 Å². The van der Waals surface area contributed by atoms with Crippen LogP contribution in [-0.2, 0) is 0 Å². The molecule has 1 aromatic rings. The number of hydrogen-bond donors (Lipinski definition) is 3. The molecular weight excluding hydrogens is 269 g/mol. The van der Waals surface area contributed by atoms with Crippen molar-refractivity contribution in [3.05, 3.63) is 22.4 Å². The molecule has 1 aromatic carbocycles. The predicted molar refractivity (Wildman–Crippen MR) is 64.1 cm³/mol. The minimum atomic E-state index is -0.420. The van der Waals surface area contributed by atoms with Crippen LogP contribution in [0.2, 0.25) is 0 Å². The van der Waals surface area contributed by atoms with E-state index in [0.29, 0.717) is 10.2 Å². The molecule has 0 aliphatic rings. The van der Waals surface area contributed by atoms with Crippen LogP contribution in [0, 0.1) is 5.82 Å². The van der Waals surface area contributed by atoms with E-state index in [1.54, 1.807) is 13.1 Å². The van der Waals surface area contributed by atoms with Gasteiger partial charge in [0.1, 0.15) is 11.5 Å². The standard InChI is InChI=1S/C8H9BrFN3S/c1-12-6-3-4(9)2-5(10)7(6)13-8(11)14/h2-3,12H,1H3,(H3,11,13,14). The molecule has 0 aliphatic carbocycles. The van der Waals surface area contributed by atoms with Crippen LogP contribution in [0.5, 0.6) is 0 Å². The maximum Gasteiger partial charge on any atom is 0.168 e. The first kappa shape index (κ1) is 11.2. The van der Waals surface area contributed by atoms with Gasteiger partial charge in [-0.25, -0.2) is 4.39 Å².